The molecule has 3 amide bonds. The molecule has 2 aromatic carbocycles. The van der Waals surface area contributed by atoms with Crippen LogP contribution in [-0.4, -0.2) is 41.9 Å². The fraction of sp³-hybridized carbons (Fsp3) is 0.318. The number of hydrogen-bond donors (Lipinski definition) is 3. The number of nitrogens with two attached hydrogens (primary N) is 1. The van der Waals surface area contributed by atoms with Gasteiger partial charge >= 0.3 is 0 Å². The molecule has 9 heteroatoms. The van der Waals surface area contributed by atoms with Crippen LogP contribution in [0.5, 0.6) is 11.5 Å². The highest BCUT2D eigenvalue weighted by Gasteiger charge is 2.39. The number of piperidine rings is 1. The van der Waals surface area contributed by atoms with Gasteiger partial charge in [-0.1, -0.05) is 18.2 Å². The van der Waals surface area contributed by atoms with Gasteiger partial charge in [0.1, 0.15) is 19.3 Å². The van der Waals surface area contributed by atoms with Gasteiger partial charge in [0.15, 0.2) is 11.5 Å². The Morgan fingerprint density at radius 1 is 1.13 bits per heavy atom. The molecule has 0 saturated carbocycles. The van der Waals surface area contributed by atoms with Crippen molar-refractivity contribution in [1.29, 1.82) is 0 Å². The maximum absolute atomic E-state index is 13.2. The number of rotatable bonds is 4. The number of anilines is 2. The van der Waals surface area contributed by atoms with Crippen LogP contribution < -0.4 is 25.8 Å². The van der Waals surface area contributed by atoms with Crippen LogP contribution in [0.1, 0.15) is 34.3 Å². The summed E-state index contributed by atoms with van der Waals surface area (Å²) in [7, 11) is 0. The molecule has 3 aliphatic heterocycles. The standard InChI is InChI=1S/C22H22N4O5/c23-14-8-17-18(31-7-6-30-17)9-15(14)24-10-12-2-1-3-13-11-26(22(29)20(12)13)16-4-5-19(27)25-21(16)28/h1-3,8-9,16,24H,4-7,10-11,23H2,(H,25,27,28). The molecule has 1 saturated heterocycles. The first kappa shape index (κ1) is 19.2. The van der Waals surface area contributed by atoms with E-state index in [0.29, 0.717) is 61.2 Å². The molecule has 160 valence electrons. The second-order valence-electron chi connectivity index (χ2n) is 7.79. The number of nitrogens with zero attached hydrogens (tertiary/aromatic N) is 1. The largest absolute Gasteiger partial charge is 0.486 e. The number of ether oxygens (including phenoxy) is 2. The van der Waals surface area contributed by atoms with Crippen LogP contribution in [0.2, 0.25) is 0 Å². The Morgan fingerprint density at radius 2 is 1.90 bits per heavy atom. The molecule has 1 unspecified atom stereocenters. The minimum atomic E-state index is -0.633. The summed E-state index contributed by atoms with van der Waals surface area (Å²) in [6.45, 7) is 1.69. The average Bonchev–Trinajstić information content (AvgIpc) is 3.09. The van der Waals surface area contributed by atoms with E-state index in [1.165, 1.54) is 0 Å². The minimum absolute atomic E-state index is 0.197. The summed E-state index contributed by atoms with van der Waals surface area (Å²) in [4.78, 5) is 38.5. The van der Waals surface area contributed by atoms with Crippen LogP contribution in [0.25, 0.3) is 0 Å². The van der Waals surface area contributed by atoms with Gasteiger partial charge in [-0.15, -0.1) is 0 Å². The topological polar surface area (TPSA) is 123 Å². The van der Waals surface area contributed by atoms with Gasteiger partial charge in [0.25, 0.3) is 5.91 Å². The van der Waals surface area contributed by atoms with Crippen molar-refractivity contribution in [2.75, 3.05) is 24.3 Å². The fourth-order valence-electron chi connectivity index (χ4n) is 4.29. The first-order valence-corrected chi connectivity index (χ1v) is 10.2. The summed E-state index contributed by atoms with van der Waals surface area (Å²) in [5.41, 5.74) is 9.63. The van der Waals surface area contributed by atoms with Crippen LogP contribution in [0, 0.1) is 0 Å². The Kier molecular flexibility index (Phi) is 4.65. The predicted octanol–water partition coefficient (Wildman–Crippen LogP) is 1.41. The molecule has 1 fully saturated rings. The summed E-state index contributed by atoms with van der Waals surface area (Å²) in [5.74, 6) is 0.330. The third-order valence-corrected chi connectivity index (χ3v) is 5.82. The van der Waals surface area contributed by atoms with E-state index in [4.69, 9.17) is 15.2 Å². The van der Waals surface area contributed by atoms with Crippen molar-refractivity contribution < 1.29 is 23.9 Å². The van der Waals surface area contributed by atoms with E-state index in [2.05, 4.69) is 10.6 Å². The zero-order chi connectivity index (χ0) is 21.5. The molecule has 9 nitrogen and oxygen atoms in total. The summed E-state index contributed by atoms with van der Waals surface area (Å²) < 4.78 is 11.2. The third-order valence-electron chi connectivity index (χ3n) is 5.82. The van der Waals surface area contributed by atoms with Crippen LogP contribution in [0.4, 0.5) is 11.4 Å². The van der Waals surface area contributed by atoms with Gasteiger partial charge in [-0.25, -0.2) is 0 Å². The van der Waals surface area contributed by atoms with E-state index in [1.54, 1.807) is 17.0 Å². The van der Waals surface area contributed by atoms with Crippen molar-refractivity contribution in [2.45, 2.75) is 32.0 Å². The molecule has 2 aromatic rings. The minimum Gasteiger partial charge on any atom is -0.486 e. The SMILES string of the molecule is Nc1cc2c(cc1NCc1cccc3c1C(=O)N(C1CCC(=O)NC1=O)C3)OCCO2. The second kappa shape index (κ2) is 7.50. The number of benzene rings is 2. The normalized spacial score (nSPS) is 19.8. The highest BCUT2D eigenvalue weighted by Crippen LogP contribution is 2.37. The van der Waals surface area contributed by atoms with Gasteiger partial charge in [-0.3, -0.25) is 19.7 Å². The lowest BCUT2D eigenvalue weighted by Crippen LogP contribution is -2.52. The summed E-state index contributed by atoms with van der Waals surface area (Å²) >= 11 is 0. The third kappa shape index (κ3) is 3.41. The molecule has 0 aliphatic carbocycles. The van der Waals surface area contributed by atoms with E-state index in [1.807, 2.05) is 18.2 Å². The summed E-state index contributed by atoms with van der Waals surface area (Å²) in [6, 6.07) is 8.55. The number of fused-ring (bicyclic) bond motifs is 2. The zero-order valence-corrected chi connectivity index (χ0v) is 16.8. The molecule has 0 spiro atoms. The zero-order valence-electron chi connectivity index (χ0n) is 16.8. The number of carbonyl (C=O) groups excluding carboxylic acids is 3. The molecule has 4 N–H and O–H groups in total. The average molecular weight is 422 g/mol. The maximum Gasteiger partial charge on any atom is 0.255 e. The van der Waals surface area contributed by atoms with Crippen molar-refractivity contribution >= 4 is 29.1 Å². The van der Waals surface area contributed by atoms with E-state index in [9.17, 15) is 14.4 Å². The molecular formula is C22H22N4O5. The first-order chi connectivity index (χ1) is 15.0. The number of nitrogen functional groups attached to an aromatic ring is 1. The van der Waals surface area contributed by atoms with E-state index >= 15 is 0 Å². The van der Waals surface area contributed by atoms with Gasteiger partial charge in [0.05, 0.1) is 11.4 Å². The lowest BCUT2D eigenvalue weighted by Gasteiger charge is -2.29. The summed E-state index contributed by atoms with van der Waals surface area (Å²) in [6.07, 6.45) is 0.569. The van der Waals surface area contributed by atoms with Crippen LogP contribution in [-0.2, 0) is 22.7 Å². The highest BCUT2D eigenvalue weighted by atomic mass is 16.6. The molecule has 31 heavy (non-hydrogen) atoms. The Bertz CT molecular complexity index is 1100. The smallest absolute Gasteiger partial charge is 0.255 e. The molecule has 3 heterocycles. The Morgan fingerprint density at radius 3 is 2.68 bits per heavy atom. The van der Waals surface area contributed by atoms with E-state index in [-0.39, 0.29) is 18.2 Å². The van der Waals surface area contributed by atoms with Crippen molar-refractivity contribution in [1.82, 2.24) is 10.2 Å². The number of carbonyl (C=O) groups is 3. The van der Waals surface area contributed by atoms with Gasteiger partial charge in [-0.2, -0.15) is 0 Å². The second-order valence-corrected chi connectivity index (χ2v) is 7.79. The predicted molar refractivity (Wildman–Crippen MR) is 112 cm³/mol. The molecule has 0 aromatic heterocycles. The monoisotopic (exact) mass is 422 g/mol. The Hall–Kier alpha value is -3.75. The number of amides is 3. The maximum atomic E-state index is 13.2. The van der Waals surface area contributed by atoms with Gasteiger partial charge in [0, 0.05) is 37.2 Å². The highest BCUT2D eigenvalue weighted by molar-refractivity contribution is 6.06. The lowest BCUT2D eigenvalue weighted by molar-refractivity contribution is -0.136. The summed E-state index contributed by atoms with van der Waals surface area (Å²) in [5, 5.41) is 5.61. The van der Waals surface area contributed by atoms with Crippen LogP contribution in [0.15, 0.2) is 30.3 Å². The van der Waals surface area contributed by atoms with Crippen molar-refractivity contribution in [2.24, 2.45) is 0 Å². The first-order valence-electron chi connectivity index (χ1n) is 10.2. The molecule has 0 radical (unpaired) electrons. The number of nitrogens with one attached hydrogen (secondary N) is 2. The number of hydrogen-bond acceptors (Lipinski definition) is 7. The fourth-order valence-corrected chi connectivity index (χ4v) is 4.29. The number of imide groups is 1. The molecule has 5 rings (SSSR count). The van der Waals surface area contributed by atoms with Gasteiger partial charge in [0.2, 0.25) is 11.8 Å². The van der Waals surface area contributed by atoms with Gasteiger partial charge < -0.3 is 25.4 Å². The Balaban J connectivity index is 1.36. The van der Waals surface area contributed by atoms with Gasteiger partial charge in [-0.05, 0) is 17.5 Å². The molecular weight excluding hydrogens is 400 g/mol. The van der Waals surface area contributed by atoms with Crippen molar-refractivity contribution in [3.05, 3.63) is 47.0 Å². The lowest BCUT2D eigenvalue weighted by atomic mass is 10.0. The molecule has 1 atom stereocenters. The Labute approximate surface area is 178 Å². The van der Waals surface area contributed by atoms with Crippen molar-refractivity contribution in [3.63, 3.8) is 0 Å². The van der Waals surface area contributed by atoms with E-state index < -0.39 is 11.9 Å². The molecule has 3 aliphatic rings. The van der Waals surface area contributed by atoms with Crippen molar-refractivity contribution in [3.8, 4) is 11.5 Å². The molecule has 0 bridgehead atoms. The quantitative estimate of drug-likeness (QED) is 0.503. The van der Waals surface area contributed by atoms with E-state index in [0.717, 1.165) is 11.1 Å². The van der Waals surface area contributed by atoms with Crippen LogP contribution >= 0.6 is 0 Å². The van der Waals surface area contributed by atoms with Crippen LogP contribution in [0.3, 0.4) is 0 Å².